The van der Waals surface area contributed by atoms with Gasteiger partial charge >= 0.3 is 0 Å². The fraction of sp³-hybridized carbons (Fsp3) is 0.615. The van der Waals surface area contributed by atoms with E-state index in [2.05, 4.69) is 16.8 Å². The van der Waals surface area contributed by atoms with Crippen LogP contribution in [-0.2, 0) is 0 Å². The number of hydrogen-bond acceptors (Lipinski definition) is 5. The maximum absolute atomic E-state index is 12.3. The number of nitrogens with two attached hydrogens (primary N) is 1. The molecule has 0 aliphatic carbocycles. The number of aromatic nitrogens is 1. The van der Waals surface area contributed by atoms with Crippen molar-refractivity contribution >= 4 is 23.1 Å². The van der Waals surface area contributed by atoms with Crippen LogP contribution in [0.3, 0.4) is 0 Å². The highest BCUT2D eigenvalue weighted by Gasteiger charge is 2.28. The lowest BCUT2D eigenvalue weighted by Gasteiger charge is -2.38. The van der Waals surface area contributed by atoms with E-state index in [4.69, 9.17) is 22.4 Å². The molecule has 6 nitrogen and oxygen atoms in total. The van der Waals surface area contributed by atoms with Crippen LogP contribution in [0, 0.1) is 6.92 Å². The third-order valence-corrected chi connectivity index (χ3v) is 3.97. The van der Waals surface area contributed by atoms with E-state index >= 15 is 0 Å². The van der Waals surface area contributed by atoms with Crippen LogP contribution in [0.1, 0.15) is 29.6 Å². The van der Waals surface area contributed by atoms with Crippen molar-refractivity contribution in [3.05, 3.63) is 17.8 Å². The van der Waals surface area contributed by atoms with E-state index in [9.17, 15) is 4.79 Å². The zero-order chi connectivity index (χ0) is 14.7. The molecule has 2 heterocycles. The molecule has 1 atom stereocenters. The average Bonchev–Trinajstić information content (AvgIpc) is 2.85. The van der Waals surface area contributed by atoms with E-state index in [0.29, 0.717) is 29.5 Å². The van der Waals surface area contributed by atoms with Crippen molar-refractivity contribution in [1.82, 2.24) is 14.8 Å². The van der Waals surface area contributed by atoms with Crippen LogP contribution >= 0.6 is 12.2 Å². The number of nitrogens with zero attached hydrogens (tertiary/aromatic N) is 3. The molecule has 0 aromatic carbocycles. The van der Waals surface area contributed by atoms with Crippen molar-refractivity contribution in [2.24, 2.45) is 5.73 Å². The van der Waals surface area contributed by atoms with E-state index in [0.717, 1.165) is 19.5 Å². The largest absolute Gasteiger partial charge is 0.438 e. The highest BCUT2D eigenvalue weighted by atomic mass is 32.1. The highest BCUT2D eigenvalue weighted by molar-refractivity contribution is 7.80. The summed E-state index contributed by atoms with van der Waals surface area (Å²) < 4.78 is 5.16. The fourth-order valence-corrected chi connectivity index (χ4v) is 2.84. The summed E-state index contributed by atoms with van der Waals surface area (Å²) in [5.74, 6) is 0.239. The molecule has 2 rings (SSSR count). The van der Waals surface area contributed by atoms with Gasteiger partial charge in [-0.1, -0.05) is 19.1 Å². The van der Waals surface area contributed by atoms with Crippen LogP contribution in [0.4, 0.5) is 0 Å². The van der Waals surface area contributed by atoms with E-state index < -0.39 is 0 Å². The van der Waals surface area contributed by atoms with Gasteiger partial charge in [-0.15, -0.1) is 0 Å². The van der Waals surface area contributed by atoms with Crippen LogP contribution in [0.25, 0.3) is 0 Å². The second kappa shape index (κ2) is 6.32. The Kier molecular flexibility index (Phi) is 4.72. The molecule has 1 saturated heterocycles. The number of carbonyl (C=O) groups excluding carboxylic acids is 1. The molecule has 0 spiro atoms. The SMILES string of the molecule is CCC(C(N)=S)N1CCN(C(=O)c2ocnc2C)CC1. The van der Waals surface area contributed by atoms with Gasteiger partial charge in [-0.2, -0.15) is 0 Å². The Morgan fingerprint density at radius 2 is 2.15 bits per heavy atom. The number of carbonyl (C=O) groups is 1. The number of aryl methyl sites for hydroxylation is 1. The molecule has 1 aromatic heterocycles. The second-order valence-corrected chi connectivity index (χ2v) is 5.39. The monoisotopic (exact) mass is 296 g/mol. The summed E-state index contributed by atoms with van der Waals surface area (Å²) in [6.45, 7) is 6.69. The number of piperazine rings is 1. The Hall–Kier alpha value is -1.47. The van der Waals surface area contributed by atoms with E-state index in [1.165, 1.54) is 6.39 Å². The lowest BCUT2D eigenvalue weighted by atomic mass is 10.1. The second-order valence-electron chi connectivity index (χ2n) is 4.92. The first-order valence-corrected chi connectivity index (χ1v) is 7.18. The summed E-state index contributed by atoms with van der Waals surface area (Å²) in [6.07, 6.45) is 2.20. The fourth-order valence-electron chi connectivity index (χ4n) is 2.53. The summed E-state index contributed by atoms with van der Waals surface area (Å²) in [6, 6.07) is 0.120. The zero-order valence-electron chi connectivity index (χ0n) is 11.8. The first-order chi connectivity index (χ1) is 9.54. The summed E-state index contributed by atoms with van der Waals surface area (Å²) in [5, 5.41) is 0. The molecule has 20 heavy (non-hydrogen) atoms. The van der Waals surface area contributed by atoms with Gasteiger partial charge in [-0.05, 0) is 13.3 Å². The molecule has 1 aliphatic rings. The number of oxazole rings is 1. The van der Waals surface area contributed by atoms with Gasteiger partial charge in [0.05, 0.1) is 16.7 Å². The van der Waals surface area contributed by atoms with Crippen molar-refractivity contribution < 1.29 is 9.21 Å². The predicted molar refractivity (Wildman–Crippen MR) is 79.6 cm³/mol. The molecule has 0 bridgehead atoms. The summed E-state index contributed by atoms with van der Waals surface area (Å²) in [7, 11) is 0. The number of thiocarbonyl (C=S) groups is 1. The highest BCUT2D eigenvalue weighted by Crippen LogP contribution is 2.14. The standard InChI is InChI=1S/C13H20N4O2S/c1-3-10(12(14)20)16-4-6-17(7-5-16)13(18)11-9(2)15-8-19-11/h8,10H,3-7H2,1-2H3,(H2,14,20). The Bertz CT molecular complexity index is 494. The van der Waals surface area contributed by atoms with Gasteiger partial charge in [0.25, 0.3) is 5.91 Å². The Balaban J connectivity index is 1.96. The Morgan fingerprint density at radius 3 is 2.60 bits per heavy atom. The van der Waals surface area contributed by atoms with E-state index in [1.54, 1.807) is 11.8 Å². The van der Waals surface area contributed by atoms with Crippen LogP contribution in [-0.4, -0.2) is 57.9 Å². The maximum Gasteiger partial charge on any atom is 0.291 e. The predicted octanol–water partition coefficient (Wildman–Crippen LogP) is 0.806. The van der Waals surface area contributed by atoms with Crippen molar-refractivity contribution in [3.8, 4) is 0 Å². The van der Waals surface area contributed by atoms with Gasteiger partial charge in [0.1, 0.15) is 0 Å². The minimum Gasteiger partial charge on any atom is -0.438 e. The number of amides is 1. The van der Waals surface area contributed by atoms with Crippen LogP contribution in [0.2, 0.25) is 0 Å². The number of rotatable bonds is 4. The molecule has 0 saturated carbocycles. The third-order valence-electron chi connectivity index (χ3n) is 3.70. The Morgan fingerprint density at radius 1 is 1.50 bits per heavy atom. The third kappa shape index (κ3) is 2.99. The van der Waals surface area contributed by atoms with Crippen LogP contribution in [0.5, 0.6) is 0 Å². The van der Waals surface area contributed by atoms with Gasteiger partial charge in [0.15, 0.2) is 6.39 Å². The zero-order valence-corrected chi connectivity index (χ0v) is 12.7. The van der Waals surface area contributed by atoms with Gasteiger partial charge in [-0.3, -0.25) is 9.69 Å². The van der Waals surface area contributed by atoms with Gasteiger partial charge in [0.2, 0.25) is 5.76 Å². The average molecular weight is 296 g/mol. The van der Waals surface area contributed by atoms with Crippen LogP contribution < -0.4 is 5.73 Å². The molecule has 7 heteroatoms. The van der Waals surface area contributed by atoms with Crippen molar-refractivity contribution in [3.63, 3.8) is 0 Å². The quantitative estimate of drug-likeness (QED) is 0.829. The molecule has 1 unspecified atom stereocenters. The normalized spacial score (nSPS) is 18.0. The lowest BCUT2D eigenvalue weighted by Crippen LogP contribution is -2.54. The molecular formula is C13H20N4O2S. The number of hydrogen-bond donors (Lipinski definition) is 1. The Labute approximate surface area is 123 Å². The molecule has 0 radical (unpaired) electrons. The van der Waals surface area contributed by atoms with E-state index in [-0.39, 0.29) is 11.9 Å². The molecule has 1 aromatic rings. The molecule has 110 valence electrons. The lowest BCUT2D eigenvalue weighted by molar-refractivity contribution is 0.0581. The van der Waals surface area contributed by atoms with Crippen molar-refractivity contribution in [1.29, 1.82) is 0 Å². The minimum absolute atomic E-state index is 0.0944. The van der Waals surface area contributed by atoms with Crippen molar-refractivity contribution in [2.75, 3.05) is 26.2 Å². The minimum atomic E-state index is -0.0944. The van der Waals surface area contributed by atoms with Crippen molar-refractivity contribution in [2.45, 2.75) is 26.3 Å². The summed E-state index contributed by atoms with van der Waals surface area (Å²) >= 11 is 5.09. The van der Waals surface area contributed by atoms with Gasteiger partial charge in [0, 0.05) is 26.2 Å². The van der Waals surface area contributed by atoms with Crippen LogP contribution in [0.15, 0.2) is 10.8 Å². The summed E-state index contributed by atoms with van der Waals surface area (Å²) in [5.41, 5.74) is 6.39. The van der Waals surface area contributed by atoms with E-state index in [1.807, 2.05) is 0 Å². The van der Waals surface area contributed by atoms with Gasteiger partial charge < -0.3 is 15.1 Å². The molecule has 1 fully saturated rings. The molecule has 1 amide bonds. The molecule has 1 aliphatic heterocycles. The summed E-state index contributed by atoms with van der Waals surface area (Å²) in [4.78, 5) is 20.8. The maximum atomic E-state index is 12.3. The molecular weight excluding hydrogens is 276 g/mol. The van der Waals surface area contributed by atoms with Gasteiger partial charge in [-0.25, -0.2) is 4.98 Å². The topological polar surface area (TPSA) is 75.6 Å². The molecule has 2 N–H and O–H groups in total. The first-order valence-electron chi connectivity index (χ1n) is 6.77. The smallest absolute Gasteiger partial charge is 0.291 e. The first kappa shape index (κ1) is 14.9.